The van der Waals surface area contributed by atoms with E-state index in [1.54, 1.807) is 35.8 Å². The van der Waals surface area contributed by atoms with Crippen molar-refractivity contribution in [3.05, 3.63) is 50.6 Å². The normalized spacial score (nSPS) is 12.0. The zero-order valence-electron chi connectivity index (χ0n) is 17.5. The van der Waals surface area contributed by atoms with Gasteiger partial charge in [0.2, 0.25) is 5.91 Å². The van der Waals surface area contributed by atoms with Crippen molar-refractivity contribution in [2.75, 3.05) is 5.32 Å². The summed E-state index contributed by atoms with van der Waals surface area (Å²) < 4.78 is 1.70. The molecule has 30 heavy (non-hydrogen) atoms. The van der Waals surface area contributed by atoms with E-state index < -0.39 is 5.25 Å². The van der Waals surface area contributed by atoms with Gasteiger partial charge in [-0.3, -0.25) is 14.2 Å². The fourth-order valence-corrected chi connectivity index (χ4v) is 5.04. The molecule has 6 nitrogen and oxygen atoms in total. The van der Waals surface area contributed by atoms with Gasteiger partial charge in [0, 0.05) is 17.1 Å². The number of nitrogens with one attached hydrogen (secondary N) is 1. The van der Waals surface area contributed by atoms with Crippen LogP contribution in [0.25, 0.3) is 10.2 Å². The number of carbonyl (C=O) groups excluding carboxylic acids is 1. The fraction of sp³-hybridized carbons (Fsp3) is 0.364. The van der Waals surface area contributed by atoms with Gasteiger partial charge in [-0.1, -0.05) is 31.2 Å². The number of nitrogens with zero attached hydrogens (tertiary/aromatic N) is 3. The molecule has 3 aromatic rings. The first-order chi connectivity index (χ1) is 14.3. The number of thioether (sulfide) groups is 1. The molecule has 156 valence electrons. The SMILES string of the molecule is CCCCn1c(SC(C)C(=O)Nc2cccc(C#N)c2)nc2sc(C)c(C)c2c1=O. The summed E-state index contributed by atoms with van der Waals surface area (Å²) in [4.78, 5) is 32.5. The van der Waals surface area contributed by atoms with Crippen LogP contribution in [-0.2, 0) is 11.3 Å². The van der Waals surface area contributed by atoms with Crippen molar-refractivity contribution in [2.45, 2.75) is 57.5 Å². The van der Waals surface area contributed by atoms with Gasteiger partial charge < -0.3 is 5.32 Å². The van der Waals surface area contributed by atoms with Crippen LogP contribution in [0.3, 0.4) is 0 Å². The van der Waals surface area contributed by atoms with E-state index >= 15 is 0 Å². The maximum absolute atomic E-state index is 13.2. The van der Waals surface area contributed by atoms with Crippen LogP contribution in [0.1, 0.15) is 42.7 Å². The first kappa shape index (κ1) is 22.1. The van der Waals surface area contributed by atoms with Gasteiger partial charge in [0.15, 0.2) is 5.16 Å². The summed E-state index contributed by atoms with van der Waals surface area (Å²) in [6.07, 6.45) is 1.83. The van der Waals surface area contributed by atoms with Crippen LogP contribution in [0.15, 0.2) is 34.2 Å². The van der Waals surface area contributed by atoms with Gasteiger partial charge >= 0.3 is 0 Å². The number of aryl methyl sites for hydroxylation is 2. The van der Waals surface area contributed by atoms with Gasteiger partial charge in [-0.05, 0) is 51.0 Å². The van der Waals surface area contributed by atoms with Crippen molar-refractivity contribution < 1.29 is 4.79 Å². The first-order valence-electron chi connectivity index (χ1n) is 9.84. The lowest BCUT2D eigenvalue weighted by atomic mass is 10.2. The molecule has 0 aliphatic rings. The zero-order chi connectivity index (χ0) is 21.8. The summed E-state index contributed by atoms with van der Waals surface area (Å²) in [7, 11) is 0. The predicted molar refractivity (Wildman–Crippen MR) is 123 cm³/mol. The number of aromatic nitrogens is 2. The summed E-state index contributed by atoms with van der Waals surface area (Å²) in [5.41, 5.74) is 2.00. The molecule has 0 aliphatic carbocycles. The topological polar surface area (TPSA) is 87.8 Å². The lowest BCUT2D eigenvalue weighted by molar-refractivity contribution is -0.115. The van der Waals surface area contributed by atoms with E-state index in [9.17, 15) is 9.59 Å². The number of fused-ring (bicyclic) bond motifs is 1. The molecule has 8 heteroatoms. The van der Waals surface area contributed by atoms with E-state index in [1.165, 1.54) is 23.1 Å². The van der Waals surface area contributed by atoms with Gasteiger partial charge in [0.25, 0.3) is 5.56 Å². The molecule has 1 atom stereocenters. The van der Waals surface area contributed by atoms with Gasteiger partial charge in [-0.15, -0.1) is 11.3 Å². The monoisotopic (exact) mass is 440 g/mol. The highest BCUT2D eigenvalue weighted by molar-refractivity contribution is 8.00. The van der Waals surface area contributed by atoms with Crippen molar-refractivity contribution in [1.29, 1.82) is 5.26 Å². The van der Waals surface area contributed by atoms with Crippen LogP contribution in [0, 0.1) is 25.2 Å². The summed E-state index contributed by atoms with van der Waals surface area (Å²) in [6.45, 7) is 8.40. The highest BCUT2D eigenvalue weighted by Gasteiger charge is 2.21. The highest BCUT2D eigenvalue weighted by Crippen LogP contribution is 2.30. The molecule has 1 amide bonds. The van der Waals surface area contributed by atoms with Crippen LogP contribution < -0.4 is 10.9 Å². The smallest absolute Gasteiger partial charge is 0.263 e. The quantitative estimate of drug-likeness (QED) is 0.418. The van der Waals surface area contributed by atoms with E-state index in [1.807, 2.05) is 13.8 Å². The van der Waals surface area contributed by atoms with Crippen molar-refractivity contribution in [3.63, 3.8) is 0 Å². The third kappa shape index (κ3) is 4.58. The molecular weight excluding hydrogens is 416 g/mol. The molecule has 1 aromatic carbocycles. The van der Waals surface area contributed by atoms with Crippen LogP contribution in [0.4, 0.5) is 5.69 Å². The van der Waals surface area contributed by atoms with Crippen molar-refractivity contribution in [2.24, 2.45) is 0 Å². The number of anilines is 1. The lowest BCUT2D eigenvalue weighted by Crippen LogP contribution is -2.27. The van der Waals surface area contributed by atoms with Crippen molar-refractivity contribution in [1.82, 2.24) is 9.55 Å². The van der Waals surface area contributed by atoms with Crippen molar-refractivity contribution in [3.8, 4) is 6.07 Å². The first-order valence-corrected chi connectivity index (χ1v) is 11.5. The Hall–Kier alpha value is -2.63. The summed E-state index contributed by atoms with van der Waals surface area (Å²) in [5.74, 6) is -0.204. The van der Waals surface area contributed by atoms with Gasteiger partial charge in [0.1, 0.15) is 4.83 Å². The Morgan fingerprint density at radius 3 is 2.87 bits per heavy atom. The Kier molecular flexibility index (Phi) is 6.95. The third-order valence-corrected chi connectivity index (χ3v) is 7.09. The minimum absolute atomic E-state index is 0.0351. The average Bonchev–Trinajstić information content (AvgIpc) is 3.01. The maximum atomic E-state index is 13.2. The summed E-state index contributed by atoms with van der Waals surface area (Å²) >= 11 is 2.80. The number of rotatable bonds is 7. The number of unbranched alkanes of at least 4 members (excludes halogenated alkanes) is 1. The molecule has 0 fully saturated rings. The molecule has 3 rings (SSSR count). The van der Waals surface area contributed by atoms with E-state index in [4.69, 9.17) is 10.2 Å². The second-order valence-corrected chi connectivity index (χ2v) is 9.62. The van der Waals surface area contributed by atoms with E-state index in [0.29, 0.717) is 28.3 Å². The second-order valence-electron chi connectivity index (χ2n) is 7.11. The number of carbonyl (C=O) groups is 1. The molecule has 1 unspecified atom stereocenters. The van der Waals surface area contributed by atoms with Gasteiger partial charge in [-0.2, -0.15) is 5.26 Å². The standard InChI is InChI=1S/C22H24N4O2S2/c1-5-6-10-26-21(28)18-13(2)14(3)29-20(18)25-22(26)30-15(4)19(27)24-17-9-7-8-16(11-17)12-23/h7-9,11,15H,5-6,10H2,1-4H3,(H,24,27). The Labute approximate surface area is 183 Å². The zero-order valence-corrected chi connectivity index (χ0v) is 19.1. The van der Waals surface area contributed by atoms with E-state index in [0.717, 1.165) is 28.1 Å². The molecule has 0 spiro atoms. The third-order valence-electron chi connectivity index (χ3n) is 4.90. The molecule has 0 bridgehead atoms. The largest absolute Gasteiger partial charge is 0.325 e. The number of thiophene rings is 1. The molecule has 2 heterocycles. The molecular formula is C22H24N4O2S2. The Bertz CT molecular complexity index is 1190. The lowest BCUT2D eigenvalue weighted by Gasteiger charge is -2.16. The number of nitriles is 1. The predicted octanol–water partition coefficient (Wildman–Crippen LogP) is 4.87. The fourth-order valence-electron chi connectivity index (χ4n) is 3.03. The Morgan fingerprint density at radius 1 is 1.40 bits per heavy atom. The highest BCUT2D eigenvalue weighted by atomic mass is 32.2. The molecule has 0 radical (unpaired) electrons. The van der Waals surface area contributed by atoms with Crippen molar-refractivity contribution >= 4 is 44.9 Å². The Balaban J connectivity index is 1.90. The molecule has 1 N–H and O–H groups in total. The number of hydrogen-bond donors (Lipinski definition) is 1. The minimum atomic E-state index is -0.463. The molecule has 0 aliphatic heterocycles. The minimum Gasteiger partial charge on any atom is -0.325 e. The van der Waals surface area contributed by atoms with Crippen LogP contribution in [0.2, 0.25) is 0 Å². The molecule has 0 saturated heterocycles. The van der Waals surface area contributed by atoms with E-state index in [2.05, 4.69) is 18.3 Å². The molecule has 0 saturated carbocycles. The molecule has 2 aromatic heterocycles. The number of hydrogen-bond acceptors (Lipinski definition) is 6. The van der Waals surface area contributed by atoms with Crippen LogP contribution >= 0.6 is 23.1 Å². The number of benzene rings is 1. The van der Waals surface area contributed by atoms with E-state index in [-0.39, 0.29) is 11.5 Å². The second kappa shape index (κ2) is 9.45. The van der Waals surface area contributed by atoms with Gasteiger partial charge in [0.05, 0.1) is 22.3 Å². The van der Waals surface area contributed by atoms with Gasteiger partial charge in [-0.25, -0.2) is 4.98 Å². The number of amides is 1. The van der Waals surface area contributed by atoms with Crippen LogP contribution in [0.5, 0.6) is 0 Å². The maximum Gasteiger partial charge on any atom is 0.263 e. The average molecular weight is 441 g/mol. The Morgan fingerprint density at radius 2 is 2.17 bits per heavy atom. The van der Waals surface area contributed by atoms with Crippen LogP contribution in [-0.4, -0.2) is 20.7 Å². The summed E-state index contributed by atoms with van der Waals surface area (Å²) in [5, 5.41) is 12.7. The summed E-state index contributed by atoms with van der Waals surface area (Å²) in [6, 6.07) is 8.85.